The number of aliphatic hydroxyl groups is 3. The van der Waals surface area contributed by atoms with Gasteiger partial charge in [-0.05, 0) is 44.5 Å². The van der Waals surface area contributed by atoms with E-state index in [1.54, 1.807) is 6.07 Å². The quantitative estimate of drug-likeness (QED) is 0.259. The van der Waals surface area contributed by atoms with Crippen LogP contribution in [0.2, 0.25) is 0 Å². The van der Waals surface area contributed by atoms with Crippen LogP contribution in [-0.4, -0.2) is 74.4 Å². The van der Waals surface area contributed by atoms with Gasteiger partial charge in [-0.1, -0.05) is 6.07 Å². The second-order valence-electron chi connectivity index (χ2n) is 9.14. The van der Waals surface area contributed by atoms with E-state index >= 15 is 0 Å². The highest BCUT2D eigenvalue weighted by Gasteiger charge is 2.64. The number of rotatable bonds is 3. The number of hydrogen-bond donors (Lipinski definition) is 6. The number of nitrogens with zero attached hydrogens (tertiary/aromatic N) is 1. The van der Waals surface area contributed by atoms with Crippen molar-refractivity contribution in [3.63, 3.8) is 0 Å². The average molecular weight is 471 g/mol. The van der Waals surface area contributed by atoms with E-state index in [-0.39, 0.29) is 29.7 Å². The Kier molecular flexibility index (Phi) is 5.29. The molecule has 1 saturated carbocycles. The minimum atomic E-state index is -2.69. The molecular formula is C23H25N3O8. The van der Waals surface area contributed by atoms with Crippen LogP contribution in [0, 0.1) is 11.8 Å². The van der Waals surface area contributed by atoms with Crippen LogP contribution in [0.5, 0.6) is 5.75 Å². The van der Waals surface area contributed by atoms with E-state index < -0.39 is 69.7 Å². The normalized spacial score (nSPS) is 28.4. The van der Waals surface area contributed by atoms with Crippen LogP contribution < -0.4 is 11.1 Å². The van der Waals surface area contributed by atoms with E-state index in [0.717, 1.165) is 0 Å². The molecule has 0 saturated heterocycles. The van der Waals surface area contributed by atoms with Crippen LogP contribution in [0.1, 0.15) is 24.5 Å². The van der Waals surface area contributed by atoms with Crippen molar-refractivity contribution in [3.05, 3.63) is 40.2 Å². The Hall–Kier alpha value is -3.70. The first kappa shape index (κ1) is 23.5. The lowest BCUT2D eigenvalue weighted by Crippen LogP contribution is -2.65. The zero-order chi connectivity index (χ0) is 25.3. The fraction of sp³-hybridized carbons (Fsp3) is 0.391. The number of hydrogen-bond acceptors (Lipinski definition) is 9. The first-order valence-electron chi connectivity index (χ1n) is 10.6. The highest BCUT2D eigenvalue weighted by atomic mass is 16.3. The summed E-state index contributed by atoms with van der Waals surface area (Å²) in [4.78, 5) is 51.5. The van der Waals surface area contributed by atoms with E-state index in [1.165, 1.54) is 32.0 Å². The molecule has 34 heavy (non-hydrogen) atoms. The molecule has 2 amide bonds. The van der Waals surface area contributed by atoms with Crippen molar-refractivity contribution in [1.82, 2.24) is 4.90 Å². The summed E-state index contributed by atoms with van der Waals surface area (Å²) in [5, 5.41) is 46.5. The Morgan fingerprint density at radius 3 is 2.38 bits per heavy atom. The topological polar surface area (TPSA) is 190 Å². The molecule has 0 heterocycles. The van der Waals surface area contributed by atoms with Crippen LogP contribution >= 0.6 is 0 Å². The summed E-state index contributed by atoms with van der Waals surface area (Å²) in [6, 6.07) is 1.93. The average Bonchev–Trinajstić information content (AvgIpc) is 2.72. The van der Waals surface area contributed by atoms with E-state index in [4.69, 9.17) is 5.73 Å². The van der Waals surface area contributed by atoms with E-state index in [0.29, 0.717) is 5.56 Å². The number of fused-ring (bicyclic) bond motifs is 3. The first-order valence-corrected chi connectivity index (χ1v) is 10.6. The Labute approximate surface area is 194 Å². The number of carbonyl (C=O) groups is 4. The molecule has 0 spiro atoms. The third kappa shape index (κ3) is 3.04. The number of phenols is 1. The number of anilines is 1. The number of nitrogens with two attached hydrogens (primary N) is 1. The van der Waals surface area contributed by atoms with Crippen molar-refractivity contribution < 1.29 is 39.6 Å². The largest absolute Gasteiger partial charge is 0.508 e. The second-order valence-corrected chi connectivity index (χ2v) is 9.14. The number of aromatic hydroxyl groups is 1. The van der Waals surface area contributed by atoms with Crippen LogP contribution in [0.3, 0.4) is 0 Å². The smallest absolute Gasteiger partial charge is 0.255 e. The molecule has 3 aliphatic carbocycles. The zero-order valence-corrected chi connectivity index (χ0v) is 18.7. The summed E-state index contributed by atoms with van der Waals surface area (Å²) in [5.41, 5.74) is 1.93. The van der Waals surface area contributed by atoms with Gasteiger partial charge in [-0.25, -0.2) is 0 Å². The van der Waals surface area contributed by atoms with Crippen molar-refractivity contribution in [3.8, 4) is 5.75 Å². The van der Waals surface area contributed by atoms with Crippen molar-refractivity contribution in [1.29, 1.82) is 0 Å². The van der Waals surface area contributed by atoms with Gasteiger partial charge in [0.05, 0.1) is 17.3 Å². The Morgan fingerprint density at radius 1 is 1.18 bits per heavy atom. The van der Waals surface area contributed by atoms with E-state index in [2.05, 4.69) is 5.32 Å². The molecule has 0 radical (unpaired) electrons. The molecule has 0 unspecified atom stereocenters. The molecule has 7 N–H and O–H groups in total. The predicted molar refractivity (Wildman–Crippen MR) is 119 cm³/mol. The molecule has 4 rings (SSSR count). The molecule has 4 atom stereocenters. The predicted octanol–water partition coefficient (Wildman–Crippen LogP) is -0.0776. The number of aliphatic hydroxyl groups excluding tert-OH is 2. The van der Waals surface area contributed by atoms with Gasteiger partial charge in [0.15, 0.2) is 11.4 Å². The van der Waals surface area contributed by atoms with Crippen LogP contribution in [0.15, 0.2) is 29.0 Å². The molecule has 11 heteroatoms. The summed E-state index contributed by atoms with van der Waals surface area (Å²) < 4.78 is 0. The van der Waals surface area contributed by atoms with Crippen molar-refractivity contribution in [2.75, 3.05) is 19.4 Å². The van der Waals surface area contributed by atoms with Gasteiger partial charge in [-0.15, -0.1) is 0 Å². The number of likely N-dealkylation sites (N-methyl/N-ethyl adjacent to an activating group) is 1. The fourth-order valence-corrected chi connectivity index (χ4v) is 5.51. The molecule has 1 fully saturated rings. The molecule has 11 nitrogen and oxygen atoms in total. The number of amides is 2. The van der Waals surface area contributed by atoms with E-state index in [9.17, 15) is 39.6 Å². The van der Waals surface area contributed by atoms with Crippen LogP contribution in [0.25, 0.3) is 5.76 Å². The van der Waals surface area contributed by atoms with Gasteiger partial charge in [0, 0.05) is 18.4 Å². The number of phenolic OH excluding ortho intramolecular Hbond substituents is 1. The molecule has 1 aromatic rings. The van der Waals surface area contributed by atoms with Gasteiger partial charge in [-0.2, -0.15) is 0 Å². The van der Waals surface area contributed by atoms with Gasteiger partial charge < -0.3 is 31.5 Å². The fourth-order valence-electron chi connectivity index (χ4n) is 5.51. The Bertz CT molecular complexity index is 1230. The lowest BCUT2D eigenvalue weighted by Gasteiger charge is -2.50. The van der Waals surface area contributed by atoms with Crippen molar-refractivity contribution in [2.45, 2.75) is 31.4 Å². The molecule has 0 aromatic heterocycles. The highest BCUT2D eigenvalue weighted by Crippen LogP contribution is 2.53. The maximum absolute atomic E-state index is 13.7. The first-order chi connectivity index (χ1) is 15.8. The number of carbonyl (C=O) groups excluding carboxylic acids is 4. The number of primary amides is 1. The number of benzene rings is 1. The summed E-state index contributed by atoms with van der Waals surface area (Å²) in [7, 11) is 3.07. The summed E-state index contributed by atoms with van der Waals surface area (Å²) in [6.45, 7) is 1.24. The number of ketones is 2. The number of nitrogens with one attached hydrogen (secondary N) is 1. The highest BCUT2D eigenvalue weighted by molar-refractivity contribution is 6.24. The van der Waals surface area contributed by atoms with Crippen LogP contribution in [-0.2, 0) is 25.6 Å². The molecule has 3 aliphatic rings. The van der Waals surface area contributed by atoms with Gasteiger partial charge in [-0.3, -0.25) is 24.1 Å². The SMILES string of the molecule is CC(=O)Nc1ccc2c(c1O)C(O)=C1C(=O)[C@@]3(O)C(O)=C(C(N)=O)C(=O)[C@H](N(C)C)[C@H]3C[C@H]1C2. The summed E-state index contributed by atoms with van der Waals surface area (Å²) >= 11 is 0. The Balaban J connectivity index is 1.94. The molecular weight excluding hydrogens is 446 g/mol. The van der Waals surface area contributed by atoms with Gasteiger partial charge in [0.1, 0.15) is 22.8 Å². The van der Waals surface area contributed by atoms with E-state index in [1.807, 2.05) is 0 Å². The number of Topliss-reactive ketones (excluding diaryl/α,β-unsaturated/α-hetero) is 2. The van der Waals surface area contributed by atoms with Crippen molar-refractivity contribution in [2.24, 2.45) is 17.6 Å². The second kappa shape index (κ2) is 7.67. The van der Waals surface area contributed by atoms with Crippen molar-refractivity contribution >= 4 is 34.8 Å². The monoisotopic (exact) mass is 471 g/mol. The summed E-state index contributed by atoms with van der Waals surface area (Å²) in [5.74, 6) is -7.62. The zero-order valence-electron chi connectivity index (χ0n) is 18.7. The van der Waals surface area contributed by atoms with Gasteiger partial charge >= 0.3 is 0 Å². The molecule has 1 aromatic carbocycles. The molecule has 180 valence electrons. The van der Waals surface area contributed by atoms with Crippen LogP contribution in [0.4, 0.5) is 5.69 Å². The third-order valence-electron chi connectivity index (χ3n) is 6.90. The third-order valence-corrected chi connectivity index (χ3v) is 6.90. The lowest BCUT2D eigenvalue weighted by molar-refractivity contribution is -0.153. The van der Waals surface area contributed by atoms with Gasteiger partial charge in [0.25, 0.3) is 5.91 Å². The maximum Gasteiger partial charge on any atom is 0.255 e. The minimum absolute atomic E-state index is 0.0139. The summed E-state index contributed by atoms with van der Waals surface area (Å²) in [6.07, 6.45) is 0.197. The van der Waals surface area contributed by atoms with Gasteiger partial charge in [0.2, 0.25) is 11.7 Å². The minimum Gasteiger partial charge on any atom is -0.508 e. The standard InChI is InChI=1S/C23H25N3O8/c1-8(27)25-12-5-4-9-6-10-7-11-16(26(2)3)19(30)15(22(24)33)21(32)23(11,34)20(31)14(10)18(29)13(9)17(12)28/h4-5,10-11,16,28-29,32,34H,6-7H2,1-3H3,(H2,24,33)(H,25,27)/t10-,11-,16-,23-/m1/s1. The Morgan fingerprint density at radius 2 is 1.82 bits per heavy atom. The molecule has 0 bridgehead atoms. The lowest BCUT2D eigenvalue weighted by atomic mass is 9.57. The maximum atomic E-state index is 13.7. The molecule has 0 aliphatic heterocycles.